The van der Waals surface area contributed by atoms with Crippen molar-refractivity contribution in [2.45, 2.75) is 0 Å². The Hall–Kier alpha value is 0.167. The van der Waals surface area contributed by atoms with Crippen LogP contribution < -0.4 is 0 Å². The van der Waals surface area contributed by atoms with Crippen LogP contribution >= 0.6 is 0 Å². The third-order valence-corrected chi connectivity index (χ3v) is 1.66. The molecule has 0 fully saturated rings. The molecule has 0 unspecified atom stereocenters. The van der Waals surface area contributed by atoms with Crippen molar-refractivity contribution in [3.8, 4) is 0 Å². The number of rotatable bonds is 2. The molecule has 0 aliphatic carbocycles. The van der Waals surface area contributed by atoms with Crippen LogP contribution in [0.2, 0.25) is 0 Å². The summed E-state index contributed by atoms with van der Waals surface area (Å²) in [5, 5.41) is 0. The van der Waals surface area contributed by atoms with E-state index in [1.54, 1.807) is 0 Å². The second kappa shape index (κ2) is 4.33. The monoisotopic (exact) mass is 298 g/mol. The zero-order valence-electron chi connectivity index (χ0n) is 3.61. The van der Waals surface area contributed by atoms with Crippen molar-refractivity contribution in [1.29, 1.82) is 0 Å². The van der Waals surface area contributed by atoms with Crippen LogP contribution in [0.4, 0.5) is 0 Å². The summed E-state index contributed by atoms with van der Waals surface area (Å²) in [6, 6.07) is 0. The molecule has 2 nitrogen and oxygen atoms in total. The third-order valence-electron chi connectivity index (χ3n) is 0.352. The van der Waals surface area contributed by atoms with Crippen LogP contribution in [0.5, 0.6) is 0 Å². The summed E-state index contributed by atoms with van der Waals surface area (Å²) >= 11 is 2.23. The number of carbonyl (C=O) groups excluding carboxylic acids is 1. The van der Waals surface area contributed by atoms with Gasteiger partial charge in [-0.2, -0.15) is 0 Å². The van der Waals surface area contributed by atoms with E-state index in [9.17, 15) is 4.79 Å². The van der Waals surface area contributed by atoms with Crippen LogP contribution in [-0.4, -0.2) is 13.5 Å². The van der Waals surface area contributed by atoms with E-state index in [1.165, 1.54) is 6.08 Å². The topological polar surface area (TPSA) is 26.3 Å². The van der Waals surface area contributed by atoms with Gasteiger partial charge in [0.1, 0.15) is 0 Å². The number of carbonyl (C=O) groups is 1. The average molecular weight is 298 g/mol. The molecule has 4 heteroatoms. The fourth-order valence-electron chi connectivity index (χ4n) is 0.102. The quantitative estimate of drug-likeness (QED) is 0.496. The average Bonchev–Trinajstić information content (AvgIpc) is 1.68. The SMILES string of the molecule is C=CC(=O)O[SiH2][Au]. The van der Waals surface area contributed by atoms with Crippen molar-refractivity contribution in [2.24, 2.45) is 0 Å². The van der Waals surface area contributed by atoms with E-state index in [0.717, 1.165) is 0 Å². The molecule has 44 valence electrons. The van der Waals surface area contributed by atoms with Crippen LogP contribution in [0.15, 0.2) is 12.7 Å². The minimum absolute atomic E-state index is 0.311. The van der Waals surface area contributed by atoms with Gasteiger partial charge in [0.05, 0.1) is 0 Å². The van der Waals surface area contributed by atoms with E-state index in [0.29, 0.717) is 0 Å². The predicted molar refractivity (Wildman–Crippen MR) is 24.8 cm³/mol. The molecule has 0 amide bonds. The van der Waals surface area contributed by atoms with Gasteiger partial charge in [-0.1, -0.05) is 0 Å². The van der Waals surface area contributed by atoms with Crippen molar-refractivity contribution in [1.82, 2.24) is 0 Å². The predicted octanol–water partition coefficient (Wildman–Crippen LogP) is -0.739. The van der Waals surface area contributed by atoms with Gasteiger partial charge in [-0.15, -0.1) is 0 Å². The molecule has 0 aromatic carbocycles. The van der Waals surface area contributed by atoms with Crippen molar-refractivity contribution < 1.29 is 29.5 Å². The molecule has 0 saturated heterocycles. The molecular formula is C3H5AuO2Si. The number of hydrogen-bond donors (Lipinski definition) is 0. The zero-order valence-corrected chi connectivity index (χ0v) is 7.19. The molecule has 0 aromatic heterocycles. The summed E-state index contributed by atoms with van der Waals surface area (Å²) in [6.45, 7) is 3.22. The van der Waals surface area contributed by atoms with Crippen molar-refractivity contribution >= 4 is 13.5 Å². The maximum absolute atomic E-state index is 10.1. The molecule has 0 N–H and O–H groups in total. The Morgan fingerprint density at radius 1 is 2.00 bits per heavy atom. The molecule has 0 radical (unpaired) electrons. The van der Waals surface area contributed by atoms with Gasteiger partial charge < -0.3 is 0 Å². The standard InChI is InChI=1S/C3H5O2Si.Au/c1-2-3(4)5-6;/h2H,1,6H2;. The van der Waals surface area contributed by atoms with E-state index in [4.69, 9.17) is 0 Å². The van der Waals surface area contributed by atoms with Gasteiger partial charge in [0.15, 0.2) is 0 Å². The summed E-state index contributed by atoms with van der Waals surface area (Å²) in [6.07, 6.45) is 1.17. The number of hydrogen-bond acceptors (Lipinski definition) is 2. The fourth-order valence-corrected chi connectivity index (χ4v) is 1.23. The van der Waals surface area contributed by atoms with E-state index in [1.807, 2.05) is 0 Å². The Bertz CT molecular complexity index is 83.0. The van der Waals surface area contributed by atoms with Crippen LogP contribution in [0, 0.1) is 0 Å². The summed E-state index contributed by atoms with van der Waals surface area (Å²) in [5.41, 5.74) is 0. The Morgan fingerprint density at radius 3 is 2.71 bits per heavy atom. The second-order valence-electron chi connectivity index (χ2n) is 0.755. The van der Waals surface area contributed by atoms with Gasteiger partial charge in [0.25, 0.3) is 0 Å². The van der Waals surface area contributed by atoms with Crippen molar-refractivity contribution in [3.63, 3.8) is 0 Å². The van der Waals surface area contributed by atoms with E-state index in [2.05, 4.69) is 31.3 Å². The summed E-state index contributed by atoms with van der Waals surface area (Å²) in [4.78, 5) is 10.1. The first-order valence-electron chi connectivity index (χ1n) is 1.61. The third kappa shape index (κ3) is 4.01. The van der Waals surface area contributed by atoms with E-state index in [-0.39, 0.29) is 5.97 Å². The van der Waals surface area contributed by atoms with E-state index < -0.39 is 7.52 Å². The van der Waals surface area contributed by atoms with Gasteiger partial charge >= 0.3 is 55.7 Å². The summed E-state index contributed by atoms with van der Waals surface area (Å²) in [5.74, 6) is -0.311. The molecule has 0 atom stereocenters. The van der Waals surface area contributed by atoms with Gasteiger partial charge in [-0.25, -0.2) is 0 Å². The molecule has 0 rings (SSSR count). The van der Waals surface area contributed by atoms with Crippen LogP contribution in [0.25, 0.3) is 0 Å². The van der Waals surface area contributed by atoms with Crippen LogP contribution in [0.1, 0.15) is 0 Å². The Kier molecular flexibility index (Phi) is 4.43. The summed E-state index contributed by atoms with van der Waals surface area (Å²) in [7, 11) is -0.621. The molecule has 0 aliphatic rings. The van der Waals surface area contributed by atoms with Crippen LogP contribution in [0.3, 0.4) is 0 Å². The van der Waals surface area contributed by atoms with Gasteiger partial charge in [-0.05, 0) is 0 Å². The van der Waals surface area contributed by atoms with E-state index >= 15 is 0 Å². The van der Waals surface area contributed by atoms with Crippen molar-refractivity contribution in [3.05, 3.63) is 12.7 Å². The first kappa shape index (κ1) is 7.17. The second-order valence-corrected chi connectivity index (χ2v) is 3.09. The Morgan fingerprint density at radius 2 is 2.57 bits per heavy atom. The molecule has 0 aromatic rings. The first-order chi connectivity index (χ1) is 3.31. The molecule has 0 saturated carbocycles. The Balaban J connectivity index is 3.17. The fraction of sp³-hybridized carbons (Fsp3) is 0. The summed E-state index contributed by atoms with van der Waals surface area (Å²) < 4.78 is 4.55. The molecule has 0 bridgehead atoms. The van der Waals surface area contributed by atoms with Gasteiger partial charge in [0.2, 0.25) is 0 Å². The molecule has 7 heavy (non-hydrogen) atoms. The van der Waals surface area contributed by atoms with Gasteiger partial charge in [0, 0.05) is 0 Å². The maximum atomic E-state index is 10.1. The molecule has 0 aliphatic heterocycles. The van der Waals surface area contributed by atoms with Crippen LogP contribution in [-0.2, 0) is 29.5 Å². The van der Waals surface area contributed by atoms with Gasteiger partial charge in [-0.3, -0.25) is 0 Å². The minimum atomic E-state index is -0.621. The zero-order chi connectivity index (χ0) is 5.70. The molecule has 0 spiro atoms. The normalized spacial score (nSPS) is 9.43. The molecular weight excluding hydrogens is 293 g/mol. The first-order valence-corrected chi connectivity index (χ1v) is 7.21. The van der Waals surface area contributed by atoms with Crippen molar-refractivity contribution in [2.75, 3.05) is 0 Å². The molecule has 0 heterocycles. The Labute approximate surface area is 55.9 Å².